The van der Waals surface area contributed by atoms with Crippen LogP contribution in [0.1, 0.15) is 24.2 Å². The molecule has 1 aromatic carbocycles. The van der Waals surface area contributed by atoms with Crippen molar-refractivity contribution in [3.63, 3.8) is 0 Å². The van der Waals surface area contributed by atoms with E-state index >= 15 is 0 Å². The van der Waals surface area contributed by atoms with Crippen molar-refractivity contribution in [3.8, 4) is 0 Å². The fraction of sp³-hybridized carbons (Fsp3) is 0.500. The lowest BCUT2D eigenvalue weighted by Crippen LogP contribution is -2.42. The molecule has 4 atom stereocenters. The van der Waals surface area contributed by atoms with Crippen LogP contribution < -0.4 is 0 Å². The van der Waals surface area contributed by atoms with E-state index in [1.54, 1.807) is 0 Å². The van der Waals surface area contributed by atoms with E-state index in [-0.39, 0.29) is 11.3 Å². The SMILES string of the molecule is CC(c1nc2cc(C(F)(F)F)ccc2[nH]1)[C@@H](O)[C@H](O)C(O)CO. The predicted molar refractivity (Wildman–Crippen MR) is 74.6 cm³/mol. The molecular weight excluding hydrogens is 317 g/mol. The van der Waals surface area contributed by atoms with Crippen molar-refractivity contribution >= 4 is 11.0 Å². The van der Waals surface area contributed by atoms with E-state index in [0.29, 0.717) is 5.52 Å². The monoisotopic (exact) mass is 334 g/mol. The van der Waals surface area contributed by atoms with Gasteiger partial charge in [0.05, 0.1) is 29.3 Å². The fourth-order valence-electron chi connectivity index (χ4n) is 2.21. The summed E-state index contributed by atoms with van der Waals surface area (Å²) in [4.78, 5) is 6.78. The highest BCUT2D eigenvalue weighted by molar-refractivity contribution is 5.76. The van der Waals surface area contributed by atoms with Crippen LogP contribution in [0.25, 0.3) is 11.0 Å². The number of nitrogens with one attached hydrogen (secondary N) is 1. The first-order valence-corrected chi connectivity index (χ1v) is 6.87. The molecule has 9 heteroatoms. The Morgan fingerprint density at radius 1 is 1.17 bits per heavy atom. The van der Waals surface area contributed by atoms with Crippen LogP contribution in [0.5, 0.6) is 0 Å². The molecule has 0 bridgehead atoms. The van der Waals surface area contributed by atoms with Gasteiger partial charge < -0.3 is 25.4 Å². The van der Waals surface area contributed by atoms with Gasteiger partial charge in [0.15, 0.2) is 0 Å². The first-order chi connectivity index (χ1) is 10.6. The zero-order valence-electron chi connectivity index (χ0n) is 12.1. The maximum atomic E-state index is 12.7. The van der Waals surface area contributed by atoms with E-state index in [2.05, 4.69) is 9.97 Å². The van der Waals surface area contributed by atoms with Gasteiger partial charge in [-0.3, -0.25) is 0 Å². The maximum Gasteiger partial charge on any atom is 0.416 e. The molecule has 0 aliphatic heterocycles. The van der Waals surface area contributed by atoms with E-state index in [4.69, 9.17) is 5.11 Å². The highest BCUT2D eigenvalue weighted by atomic mass is 19.4. The molecule has 2 unspecified atom stereocenters. The lowest BCUT2D eigenvalue weighted by atomic mass is 9.96. The second kappa shape index (κ2) is 6.44. The molecule has 0 fully saturated rings. The number of imidazole rings is 1. The van der Waals surface area contributed by atoms with Crippen LogP contribution in [0.2, 0.25) is 0 Å². The molecule has 0 radical (unpaired) electrons. The van der Waals surface area contributed by atoms with Crippen molar-refractivity contribution in [2.24, 2.45) is 0 Å². The van der Waals surface area contributed by atoms with Crippen LogP contribution in [0.3, 0.4) is 0 Å². The molecular formula is C14H17F3N2O4. The third kappa shape index (κ3) is 3.63. The Kier molecular flexibility index (Phi) is 4.95. The van der Waals surface area contributed by atoms with Gasteiger partial charge in [0.25, 0.3) is 0 Å². The third-order valence-electron chi connectivity index (χ3n) is 3.70. The van der Waals surface area contributed by atoms with Crippen molar-refractivity contribution in [1.29, 1.82) is 0 Å². The second-order valence-electron chi connectivity index (χ2n) is 5.37. The molecule has 0 spiro atoms. The zero-order chi connectivity index (χ0) is 17.4. The molecule has 2 aromatic rings. The predicted octanol–water partition coefficient (Wildman–Crippen LogP) is 0.760. The molecule has 5 N–H and O–H groups in total. The molecule has 2 rings (SSSR count). The van der Waals surface area contributed by atoms with Crippen molar-refractivity contribution in [2.45, 2.75) is 37.3 Å². The minimum atomic E-state index is -4.49. The van der Waals surface area contributed by atoms with Crippen molar-refractivity contribution < 1.29 is 33.6 Å². The molecule has 23 heavy (non-hydrogen) atoms. The lowest BCUT2D eigenvalue weighted by Gasteiger charge is -2.25. The summed E-state index contributed by atoms with van der Waals surface area (Å²) >= 11 is 0. The standard InChI is InChI=1S/C14H17F3N2O4/c1-6(11(22)12(23)10(21)5-20)13-18-8-3-2-7(14(15,16)17)4-9(8)19-13/h2-4,6,10-12,20-23H,5H2,1H3,(H,18,19)/t6?,10?,11-,12-/m1/s1. The Labute approximate surface area is 129 Å². The van der Waals surface area contributed by atoms with Gasteiger partial charge in [0.1, 0.15) is 18.0 Å². The van der Waals surface area contributed by atoms with Crippen LogP contribution in [0.15, 0.2) is 18.2 Å². The van der Waals surface area contributed by atoms with E-state index in [9.17, 15) is 28.5 Å². The highest BCUT2D eigenvalue weighted by Gasteiger charge is 2.32. The van der Waals surface area contributed by atoms with E-state index in [0.717, 1.165) is 12.1 Å². The first kappa shape index (κ1) is 17.7. The fourth-order valence-corrected chi connectivity index (χ4v) is 2.21. The van der Waals surface area contributed by atoms with Gasteiger partial charge in [0, 0.05) is 5.92 Å². The van der Waals surface area contributed by atoms with Gasteiger partial charge in [0.2, 0.25) is 0 Å². The molecule has 0 aliphatic rings. The number of aromatic amines is 1. The van der Waals surface area contributed by atoms with Gasteiger partial charge in [-0.1, -0.05) is 6.92 Å². The van der Waals surface area contributed by atoms with Gasteiger partial charge in [-0.25, -0.2) is 4.98 Å². The third-order valence-corrected chi connectivity index (χ3v) is 3.70. The minimum Gasteiger partial charge on any atom is -0.394 e. The zero-order valence-corrected chi connectivity index (χ0v) is 12.1. The number of hydrogen-bond acceptors (Lipinski definition) is 5. The van der Waals surface area contributed by atoms with Crippen LogP contribution in [0, 0.1) is 0 Å². The Bertz CT molecular complexity index is 674. The summed E-state index contributed by atoms with van der Waals surface area (Å²) in [6.07, 6.45) is -9.10. The smallest absolute Gasteiger partial charge is 0.394 e. The topological polar surface area (TPSA) is 110 Å². The quantitative estimate of drug-likeness (QED) is 0.555. The number of alkyl halides is 3. The van der Waals surface area contributed by atoms with Crippen LogP contribution in [0.4, 0.5) is 13.2 Å². The number of fused-ring (bicyclic) bond motifs is 1. The Balaban J connectivity index is 2.29. The number of hydrogen-bond donors (Lipinski definition) is 5. The molecule has 0 saturated heterocycles. The largest absolute Gasteiger partial charge is 0.416 e. The van der Waals surface area contributed by atoms with Crippen LogP contribution >= 0.6 is 0 Å². The van der Waals surface area contributed by atoms with E-state index < -0.39 is 42.6 Å². The number of aliphatic hydroxyl groups excluding tert-OH is 4. The first-order valence-electron chi connectivity index (χ1n) is 6.87. The summed E-state index contributed by atoms with van der Waals surface area (Å²) in [5.74, 6) is -0.635. The normalized spacial score (nSPS) is 17.9. The van der Waals surface area contributed by atoms with E-state index in [1.165, 1.54) is 13.0 Å². The highest BCUT2D eigenvalue weighted by Crippen LogP contribution is 2.31. The summed E-state index contributed by atoms with van der Waals surface area (Å²) in [5, 5.41) is 37.8. The molecule has 0 aliphatic carbocycles. The molecule has 128 valence electrons. The Hall–Kier alpha value is -1.68. The molecule has 0 saturated carbocycles. The Morgan fingerprint density at radius 3 is 2.39 bits per heavy atom. The number of nitrogens with zero attached hydrogens (tertiary/aromatic N) is 1. The van der Waals surface area contributed by atoms with Crippen molar-refractivity contribution in [3.05, 3.63) is 29.6 Å². The van der Waals surface area contributed by atoms with Gasteiger partial charge in [-0.15, -0.1) is 0 Å². The van der Waals surface area contributed by atoms with Crippen LogP contribution in [-0.2, 0) is 6.18 Å². The average molecular weight is 334 g/mol. The maximum absolute atomic E-state index is 12.7. The number of halogens is 3. The number of rotatable bonds is 5. The summed E-state index contributed by atoms with van der Waals surface area (Å²) in [6, 6.07) is 3.02. The minimum absolute atomic E-state index is 0.0751. The van der Waals surface area contributed by atoms with Gasteiger partial charge in [-0.2, -0.15) is 13.2 Å². The van der Waals surface area contributed by atoms with E-state index in [1.807, 2.05) is 0 Å². The summed E-state index contributed by atoms with van der Waals surface area (Å²) < 4.78 is 38.0. The van der Waals surface area contributed by atoms with Gasteiger partial charge in [-0.05, 0) is 18.2 Å². The number of benzene rings is 1. The molecule has 1 heterocycles. The average Bonchev–Trinajstić information content (AvgIpc) is 2.94. The molecule has 1 aromatic heterocycles. The second-order valence-corrected chi connectivity index (χ2v) is 5.37. The Morgan fingerprint density at radius 2 is 1.83 bits per heavy atom. The lowest BCUT2D eigenvalue weighted by molar-refractivity contribution is -0.137. The summed E-state index contributed by atoms with van der Waals surface area (Å²) in [6.45, 7) is 0.750. The van der Waals surface area contributed by atoms with Gasteiger partial charge >= 0.3 is 6.18 Å². The van der Waals surface area contributed by atoms with Crippen LogP contribution in [-0.4, -0.2) is 55.3 Å². The molecule has 0 amide bonds. The number of aliphatic hydroxyl groups is 4. The summed E-state index contributed by atoms with van der Waals surface area (Å²) in [5.41, 5.74) is -0.415. The van der Waals surface area contributed by atoms with Crippen molar-refractivity contribution in [1.82, 2.24) is 9.97 Å². The summed E-state index contributed by atoms with van der Waals surface area (Å²) in [7, 11) is 0. The number of H-pyrrole nitrogens is 1. The van der Waals surface area contributed by atoms with Crippen molar-refractivity contribution in [2.75, 3.05) is 6.61 Å². The number of aromatic nitrogens is 2. The molecule has 6 nitrogen and oxygen atoms in total.